The number of alkyl halides is 3. The predicted molar refractivity (Wildman–Crippen MR) is 124 cm³/mol. The molecule has 0 saturated heterocycles. The summed E-state index contributed by atoms with van der Waals surface area (Å²) in [5.74, 6) is -1.15. The molecule has 0 saturated carbocycles. The number of benzene rings is 3. The van der Waals surface area contributed by atoms with Gasteiger partial charge in [-0.25, -0.2) is 8.42 Å². The average molecular weight is 513 g/mol. The molecule has 1 N–H and O–H groups in total. The molecule has 0 heterocycles. The fourth-order valence-corrected chi connectivity index (χ4v) is 4.54. The lowest BCUT2D eigenvalue weighted by atomic mass is 10.1. The van der Waals surface area contributed by atoms with Gasteiger partial charge in [-0.15, -0.1) is 13.2 Å². The molecular weight excluding hydrogens is 493 g/mol. The van der Waals surface area contributed by atoms with E-state index >= 15 is 0 Å². The average Bonchev–Trinajstić information content (AvgIpc) is 2.75. The quantitative estimate of drug-likeness (QED) is 0.441. The second-order valence-electron chi connectivity index (χ2n) is 7.35. The van der Waals surface area contributed by atoms with Crippen LogP contribution in [0.5, 0.6) is 5.75 Å². The van der Waals surface area contributed by atoms with Crippen molar-refractivity contribution in [1.29, 1.82) is 0 Å². The first-order valence-corrected chi connectivity index (χ1v) is 11.7. The molecule has 0 fully saturated rings. The number of hydrogen-bond acceptors (Lipinski definition) is 4. The monoisotopic (exact) mass is 512 g/mol. The third-order valence-electron chi connectivity index (χ3n) is 4.84. The van der Waals surface area contributed by atoms with E-state index in [1.165, 1.54) is 36.4 Å². The van der Waals surface area contributed by atoms with Crippen LogP contribution in [0.4, 0.5) is 24.5 Å². The Morgan fingerprint density at radius 3 is 2.15 bits per heavy atom. The first-order chi connectivity index (χ1) is 15.8. The van der Waals surface area contributed by atoms with Crippen molar-refractivity contribution < 1.29 is 31.1 Å². The van der Waals surface area contributed by atoms with Gasteiger partial charge in [0.2, 0.25) is 5.91 Å². The zero-order valence-corrected chi connectivity index (χ0v) is 19.6. The summed E-state index contributed by atoms with van der Waals surface area (Å²) in [4.78, 5) is 12.7. The minimum absolute atomic E-state index is 0.0587. The molecule has 0 aromatic heterocycles. The van der Waals surface area contributed by atoms with Crippen LogP contribution in [0.1, 0.15) is 11.1 Å². The van der Waals surface area contributed by atoms with Crippen LogP contribution in [-0.2, 0) is 14.8 Å². The molecule has 1 amide bonds. The number of nitrogens with one attached hydrogen (secondary N) is 1. The Morgan fingerprint density at radius 2 is 1.59 bits per heavy atom. The summed E-state index contributed by atoms with van der Waals surface area (Å²) >= 11 is 5.87. The lowest BCUT2D eigenvalue weighted by Gasteiger charge is -2.25. The Kier molecular flexibility index (Phi) is 7.42. The molecule has 0 atom stereocenters. The maximum absolute atomic E-state index is 13.4. The van der Waals surface area contributed by atoms with Crippen LogP contribution in [0.2, 0.25) is 5.02 Å². The number of amides is 1. The molecule has 0 aliphatic carbocycles. The van der Waals surface area contributed by atoms with Gasteiger partial charge in [0, 0.05) is 10.7 Å². The summed E-state index contributed by atoms with van der Waals surface area (Å²) in [6, 6.07) is 15.0. The van der Waals surface area contributed by atoms with Gasteiger partial charge in [0.1, 0.15) is 12.3 Å². The molecule has 34 heavy (non-hydrogen) atoms. The van der Waals surface area contributed by atoms with E-state index in [0.717, 1.165) is 27.6 Å². The molecule has 3 aromatic carbocycles. The molecule has 6 nitrogen and oxygen atoms in total. The Bertz CT molecular complexity index is 1280. The van der Waals surface area contributed by atoms with Crippen molar-refractivity contribution in [3.63, 3.8) is 0 Å². The number of nitrogens with zero attached hydrogens (tertiary/aromatic N) is 1. The molecule has 3 aromatic rings. The smallest absolute Gasteiger partial charge is 0.406 e. The number of anilines is 2. The lowest BCUT2D eigenvalue weighted by Crippen LogP contribution is -2.38. The van der Waals surface area contributed by atoms with Gasteiger partial charge >= 0.3 is 6.36 Å². The zero-order valence-electron chi connectivity index (χ0n) is 18.1. The molecule has 0 radical (unpaired) electrons. The van der Waals surface area contributed by atoms with E-state index in [1.54, 1.807) is 18.2 Å². The lowest BCUT2D eigenvalue weighted by molar-refractivity contribution is -0.274. The van der Waals surface area contributed by atoms with Crippen molar-refractivity contribution in [1.82, 2.24) is 0 Å². The first kappa shape index (κ1) is 25.4. The van der Waals surface area contributed by atoms with Crippen molar-refractivity contribution in [3.05, 3.63) is 82.9 Å². The number of ether oxygens (including phenoxy) is 1. The van der Waals surface area contributed by atoms with Gasteiger partial charge in [-0.05, 0) is 85.6 Å². The zero-order chi connectivity index (χ0) is 25.1. The van der Waals surface area contributed by atoms with E-state index in [9.17, 15) is 26.4 Å². The standard InChI is InChI=1S/C23H20ClF3N2O4S/c1-15-3-8-19(13-16(15)2)29(34(31,32)21-11-4-17(24)5-12-21)14-22(30)28-18-6-9-20(10-7-18)33-23(25,26)27/h3-13H,14H2,1-2H3,(H,28,30). The van der Waals surface area contributed by atoms with Gasteiger partial charge in [0.05, 0.1) is 10.6 Å². The maximum Gasteiger partial charge on any atom is 0.573 e. The number of halogens is 4. The summed E-state index contributed by atoms with van der Waals surface area (Å²) in [5.41, 5.74) is 2.22. The molecule has 0 bridgehead atoms. The number of rotatable bonds is 7. The van der Waals surface area contributed by atoms with Crippen molar-refractivity contribution in [2.75, 3.05) is 16.2 Å². The molecule has 0 unspecified atom stereocenters. The van der Waals surface area contributed by atoms with Crippen molar-refractivity contribution in [2.24, 2.45) is 0 Å². The summed E-state index contributed by atoms with van der Waals surface area (Å²) < 4.78 is 68.5. The maximum atomic E-state index is 13.4. The third-order valence-corrected chi connectivity index (χ3v) is 6.88. The summed E-state index contributed by atoms with van der Waals surface area (Å²) in [7, 11) is -4.15. The minimum Gasteiger partial charge on any atom is -0.406 e. The predicted octanol–water partition coefficient (Wildman–Crippen LogP) is 5.69. The van der Waals surface area contributed by atoms with Crippen molar-refractivity contribution in [3.8, 4) is 5.75 Å². The number of sulfonamides is 1. The number of carbonyl (C=O) groups excluding carboxylic acids is 1. The van der Waals surface area contributed by atoms with Crippen LogP contribution in [0.25, 0.3) is 0 Å². The van der Waals surface area contributed by atoms with Crippen molar-refractivity contribution >= 4 is 38.9 Å². The van der Waals surface area contributed by atoms with E-state index in [1.807, 2.05) is 13.8 Å². The van der Waals surface area contributed by atoms with Crippen molar-refractivity contribution in [2.45, 2.75) is 25.1 Å². The van der Waals surface area contributed by atoms with Crippen LogP contribution < -0.4 is 14.4 Å². The van der Waals surface area contributed by atoms with Gasteiger partial charge < -0.3 is 10.1 Å². The van der Waals surface area contributed by atoms with Gasteiger partial charge in [-0.3, -0.25) is 9.10 Å². The molecule has 0 spiro atoms. The highest BCUT2D eigenvalue weighted by molar-refractivity contribution is 7.92. The largest absolute Gasteiger partial charge is 0.573 e. The van der Waals surface area contributed by atoms with E-state index in [0.29, 0.717) is 5.02 Å². The Morgan fingerprint density at radius 1 is 0.971 bits per heavy atom. The van der Waals surface area contributed by atoms with Gasteiger partial charge in [-0.1, -0.05) is 17.7 Å². The van der Waals surface area contributed by atoms with E-state index in [-0.39, 0.29) is 16.3 Å². The fourth-order valence-electron chi connectivity index (χ4n) is 3.00. The first-order valence-electron chi connectivity index (χ1n) is 9.86. The van der Waals surface area contributed by atoms with Gasteiger partial charge in [-0.2, -0.15) is 0 Å². The topological polar surface area (TPSA) is 75.7 Å². The SMILES string of the molecule is Cc1ccc(N(CC(=O)Nc2ccc(OC(F)(F)F)cc2)S(=O)(=O)c2ccc(Cl)cc2)cc1C. The van der Waals surface area contributed by atoms with Gasteiger partial charge in [0.15, 0.2) is 0 Å². The number of hydrogen-bond donors (Lipinski definition) is 1. The second kappa shape index (κ2) is 9.94. The molecule has 11 heteroatoms. The fraction of sp³-hybridized carbons (Fsp3) is 0.174. The van der Waals surface area contributed by atoms with E-state index in [4.69, 9.17) is 11.6 Å². The van der Waals surface area contributed by atoms with Crippen LogP contribution in [0.15, 0.2) is 71.6 Å². The highest BCUT2D eigenvalue weighted by Gasteiger charge is 2.31. The second-order valence-corrected chi connectivity index (χ2v) is 9.65. The Balaban J connectivity index is 1.87. The molecule has 0 aliphatic rings. The minimum atomic E-state index is -4.84. The highest BCUT2D eigenvalue weighted by atomic mass is 35.5. The summed E-state index contributed by atoms with van der Waals surface area (Å²) in [5, 5.41) is 2.84. The van der Waals surface area contributed by atoms with Crippen LogP contribution in [-0.4, -0.2) is 27.2 Å². The van der Waals surface area contributed by atoms with Crippen LogP contribution in [0.3, 0.4) is 0 Å². The molecular formula is C23H20ClF3N2O4S. The Labute approximate surface area is 200 Å². The summed E-state index contributed by atoms with van der Waals surface area (Å²) in [6.07, 6.45) is -4.84. The number of aryl methyl sites for hydroxylation is 2. The van der Waals surface area contributed by atoms with Crippen LogP contribution >= 0.6 is 11.6 Å². The molecule has 3 rings (SSSR count). The van der Waals surface area contributed by atoms with E-state index in [2.05, 4.69) is 10.1 Å². The highest BCUT2D eigenvalue weighted by Crippen LogP contribution is 2.27. The van der Waals surface area contributed by atoms with Gasteiger partial charge in [0.25, 0.3) is 10.0 Å². The number of carbonyl (C=O) groups is 1. The third kappa shape index (κ3) is 6.42. The summed E-state index contributed by atoms with van der Waals surface area (Å²) in [6.45, 7) is 3.11. The Hall–Kier alpha value is -3.24. The normalized spacial score (nSPS) is 11.7. The van der Waals surface area contributed by atoms with Crippen LogP contribution in [0, 0.1) is 13.8 Å². The molecule has 180 valence electrons. The van der Waals surface area contributed by atoms with E-state index < -0.39 is 34.6 Å². The molecule has 0 aliphatic heterocycles.